The fourth-order valence-electron chi connectivity index (χ4n) is 9.18. The van der Waals surface area contributed by atoms with Gasteiger partial charge >= 0.3 is 0 Å². The number of carbonyl (C=O) groups is 6. The molecule has 0 saturated carbocycles. The molecule has 1 saturated heterocycles. The van der Waals surface area contributed by atoms with Gasteiger partial charge in [0.2, 0.25) is 35.4 Å². The molecule has 4 aromatic rings. The molecule has 2 aromatic carbocycles. The normalized spacial score (nSPS) is 20.8. The lowest BCUT2D eigenvalue weighted by Crippen LogP contribution is -2.65. The second-order valence-electron chi connectivity index (χ2n) is 21.9. The Balaban J connectivity index is 1.26. The molecule has 19 heteroatoms. The molecule has 0 bridgehead atoms. The van der Waals surface area contributed by atoms with Crippen LogP contribution in [0.15, 0.2) is 89.4 Å². The lowest BCUT2D eigenvalue weighted by Gasteiger charge is -2.39. The first-order valence-corrected chi connectivity index (χ1v) is 25.9. The van der Waals surface area contributed by atoms with Gasteiger partial charge in [-0.15, -0.1) is 11.3 Å². The van der Waals surface area contributed by atoms with E-state index >= 15 is 4.79 Å². The Kier molecular flexibility index (Phi) is 18.0. The number of carbonyl (C=O) groups excluding carboxylic acids is 6. The van der Waals surface area contributed by atoms with Crippen LogP contribution in [0, 0.1) is 29.6 Å². The Morgan fingerprint density at radius 3 is 2.33 bits per heavy atom. The minimum Gasteiger partial charge on any atom is -0.399 e. The standard InChI is InChI=1S/C54H74N12O6S/c1-30(2)42-48(69)65-45(53(6,7)8)47(60-29-41(68)66-21-19-32(4)44(66)50(71)62-42)64-46(54(9,10)11)51(72)63-43(33(5)34-15-13-12-14-16-34)49(70)61-38(52-57-20-22-73-52)24-40(67)59-27-36(55)26-58-39-28-56-25-35-23-31(3)17-18-37(35)39/h12-18,20,22-23,25-26,28,30,32-33,38,42-46,58H,19,21,24,27,29,55H2,1-11H3,(H,59,67)(H,60,64)(H,61,70)(H,62,71)(H,63,72)(H,65,69)/b36-26-/t32-,33+,38-,42+,43?,44+,45?,46?/m1/s1. The molecule has 2 aliphatic rings. The van der Waals surface area contributed by atoms with Gasteiger partial charge in [0.1, 0.15) is 41.6 Å². The number of aryl methyl sites for hydroxylation is 1. The summed E-state index contributed by atoms with van der Waals surface area (Å²) in [5, 5.41) is 25.8. The fourth-order valence-corrected chi connectivity index (χ4v) is 9.87. The van der Waals surface area contributed by atoms with Crippen LogP contribution >= 0.6 is 11.3 Å². The molecule has 0 aliphatic carbocycles. The third kappa shape index (κ3) is 14.2. The molecule has 8 atom stereocenters. The highest BCUT2D eigenvalue weighted by molar-refractivity contribution is 7.09. The van der Waals surface area contributed by atoms with Gasteiger partial charge in [-0.05, 0) is 47.6 Å². The minimum absolute atomic E-state index is 0.0125. The summed E-state index contributed by atoms with van der Waals surface area (Å²) in [6.07, 6.45) is 7.11. The number of hydrogen-bond acceptors (Lipinski definition) is 13. The van der Waals surface area contributed by atoms with E-state index in [1.54, 1.807) is 30.2 Å². The molecule has 2 aromatic heterocycles. The number of rotatable bonds is 15. The maximum Gasteiger partial charge on any atom is 0.244 e. The predicted molar refractivity (Wildman–Crippen MR) is 286 cm³/mol. The topological polar surface area (TPSA) is 254 Å². The van der Waals surface area contributed by atoms with Crippen LogP contribution in [-0.2, 0) is 28.8 Å². The Morgan fingerprint density at radius 2 is 1.67 bits per heavy atom. The van der Waals surface area contributed by atoms with Crippen LogP contribution < -0.4 is 43.0 Å². The summed E-state index contributed by atoms with van der Waals surface area (Å²) in [5.74, 6) is -3.52. The Hall–Kier alpha value is -6.89. The third-order valence-corrected chi connectivity index (χ3v) is 14.3. The van der Waals surface area contributed by atoms with E-state index in [0.717, 1.165) is 27.6 Å². The first-order valence-electron chi connectivity index (χ1n) is 25.0. The van der Waals surface area contributed by atoms with Gasteiger partial charge in [-0.3, -0.25) is 38.7 Å². The monoisotopic (exact) mass is 1020 g/mol. The average molecular weight is 1020 g/mol. The molecule has 0 spiro atoms. The molecule has 392 valence electrons. The zero-order valence-corrected chi connectivity index (χ0v) is 44.8. The zero-order chi connectivity index (χ0) is 53.4. The maximum atomic E-state index is 15.1. The number of aliphatic imine (C=N–C) groups is 1. The van der Waals surface area contributed by atoms with Gasteiger partial charge in [-0.2, -0.15) is 0 Å². The number of pyridine rings is 1. The smallest absolute Gasteiger partial charge is 0.244 e. The van der Waals surface area contributed by atoms with Crippen molar-refractivity contribution in [2.75, 3.05) is 25.0 Å². The number of anilines is 1. The molecule has 0 radical (unpaired) electrons. The zero-order valence-electron chi connectivity index (χ0n) is 44.0. The summed E-state index contributed by atoms with van der Waals surface area (Å²) < 4.78 is 0. The number of aromatic nitrogens is 2. The molecule has 4 heterocycles. The molecular weight excluding hydrogens is 945 g/mol. The summed E-state index contributed by atoms with van der Waals surface area (Å²) in [5.41, 5.74) is 7.76. The Bertz CT molecular complexity index is 2680. The van der Waals surface area contributed by atoms with Crippen molar-refractivity contribution in [2.45, 2.75) is 131 Å². The number of amides is 6. The van der Waals surface area contributed by atoms with Crippen molar-refractivity contribution < 1.29 is 28.8 Å². The summed E-state index contributed by atoms with van der Waals surface area (Å²) in [6, 6.07) is 9.68. The van der Waals surface area contributed by atoms with Crippen molar-refractivity contribution in [1.29, 1.82) is 0 Å². The van der Waals surface area contributed by atoms with Gasteiger partial charge in [-0.25, -0.2) is 4.98 Å². The van der Waals surface area contributed by atoms with E-state index in [1.165, 1.54) is 16.2 Å². The number of benzene rings is 2. The number of nitrogens with two attached hydrogens (primary N) is 1. The molecule has 1 fully saturated rings. The second kappa shape index (κ2) is 23.8. The quantitative estimate of drug-likeness (QED) is 0.0770. The lowest BCUT2D eigenvalue weighted by molar-refractivity contribution is -0.140. The molecule has 6 rings (SSSR count). The van der Waals surface area contributed by atoms with Crippen LogP contribution in [-0.4, -0.2) is 106 Å². The highest BCUT2D eigenvalue weighted by Gasteiger charge is 2.44. The van der Waals surface area contributed by atoms with Crippen LogP contribution in [0.1, 0.15) is 110 Å². The first kappa shape index (κ1) is 55.4. The van der Waals surface area contributed by atoms with Crippen LogP contribution in [0.4, 0.5) is 5.69 Å². The Morgan fingerprint density at radius 1 is 0.945 bits per heavy atom. The van der Waals surface area contributed by atoms with Crippen molar-refractivity contribution in [3.63, 3.8) is 0 Å². The molecule has 6 amide bonds. The van der Waals surface area contributed by atoms with Crippen molar-refractivity contribution in [1.82, 2.24) is 46.8 Å². The van der Waals surface area contributed by atoms with E-state index in [-0.39, 0.29) is 49.0 Å². The number of fused-ring (bicyclic) bond motifs is 2. The summed E-state index contributed by atoms with van der Waals surface area (Å²) in [4.78, 5) is 101. The highest BCUT2D eigenvalue weighted by Crippen LogP contribution is 2.29. The molecule has 18 nitrogen and oxygen atoms in total. The molecule has 9 N–H and O–H groups in total. The predicted octanol–water partition coefficient (Wildman–Crippen LogP) is 5.19. The highest BCUT2D eigenvalue weighted by atomic mass is 32.1. The third-order valence-electron chi connectivity index (χ3n) is 13.4. The molecular formula is C54H74N12O6S. The summed E-state index contributed by atoms with van der Waals surface area (Å²) >= 11 is 1.28. The maximum absolute atomic E-state index is 15.1. The number of nitrogens with one attached hydrogen (secondary N) is 7. The van der Waals surface area contributed by atoms with Crippen LogP contribution in [0.25, 0.3) is 10.8 Å². The molecule has 3 unspecified atom stereocenters. The second-order valence-corrected chi connectivity index (χ2v) is 22.8. The van der Waals surface area contributed by atoms with Crippen molar-refractivity contribution in [3.8, 4) is 0 Å². The number of thiazole rings is 1. The van der Waals surface area contributed by atoms with Gasteiger partial charge in [0, 0.05) is 52.9 Å². The van der Waals surface area contributed by atoms with Crippen LogP contribution in [0.2, 0.25) is 0 Å². The SMILES string of the molecule is Cc1ccc2c(N/C=C(\N)CNC(=O)C[C@@H](NC(=O)C(NC(=O)C(NC3=NCC(=O)N4CC[C@@H](C)[C@H]4C(=O)N[C@@H](C(C)C)C(=O)NC3C(C)(C)C)C(C)(C)C)[C@@H](C)c3ccccc3)c3nccs3)cncc2c1. The van der Waals surface area contributed by atoms with E-state index in [2.05, 4.69) is 47.2 Å². The van der Waals surface area contributed by atoms with E-state index in [9.17, 15) is 24.0 Å². The molecule has 2 aliphatic heterocycles. The fraction of sp³-hybridized carbons (Fsp3) is 0.500. The van der Waals surface area contributed by atoms with Gasteiger partial charge in [0.05, 0.1) is 36.9 Å². The van der Waals surface area contributed by atoms with Gasteiger partial charge in [-0.1, -0.05) is 117 Å². The van der Waals surface area contributed by atoms with E-state index < -0.39 is 76.6 Å². The van der Waals surface area contributed by atoms with E-state index in [0.29, 0.717) is 23.7 Å². The number of amidine groups is 1. The van der Waals surface area contributed by atoms with Gasteiger partial charge in [0.25, 0.3) is 0 Å². The number of hydrogen-bond donors (Lipinski definition) is 8. The summed E-state index contributed by atoms with van der Waals surface area (Å²) in [7, 11) is 0. The molecule has 73 heavy (non-hydrogen) atoms. The van der Waals surface area contributed by atoms with Crippen molar-refractivity contribution in [3.05, 3.63) is 101 Å². The van der Waals surface area contributed by atoms with Gasteiger partial charge < -0.3 is 47.9 Å². The number of nitrogens with zero attached hydrogens (tertiary/aromatic N) is 4. The van der Waals surface area contributed by atoms with Gasteiger partial charge in [0.15, 0.2) is 0 Å². The van der Waals surface area contributed by atoms with Crippen LogP contribution in [0.5, 0.6) is 0 Å². The minimum atomic E-state index is -1.17. The largest absolute Gasteiger partial charge is 0.399 e. The lowest BCUT2D eigenvalue weighted by atomic mass is 9.82. The average Bonchev–Trinajstić information content (AvgIpc) is 4.02. The van der Waals surface area contributed by atoms with Crippen LogP contribution in [0.3, 0.4) is 0 Å². The van der Waals surface area contributed by atoms with E-state index in [1.807, 2.05) is 125 Å². The van der Waals surface area contributed by atoms with Crippen molar-refractivity contribution >= 4 is 69.1 Å². The van der Waals surface area contributed by atoms with Crippen molar-refractivity contribution in [2.24, 2.45) is 33.4 Å². The summed E-state index contributed by atoms with van der Waals surface area (Å²) in [6.45, 7) is 20.8. The first-order chi connectivity index (χ1) is 34.4. The Labute approximate surface area is 433 Å². The van der Waals surface area contributed by atoms with E-state index in [4.69, 9.17) is 10.7 Å².